The molecule has 0 radical (unpaired) electrons. The molecule has 0 bridgehead atoms. The molecule has 1 aromatic rings. The number of hydrogen-bond donors (Lipinski definition) is 0. The SMILES string of the molecule is CC1CCN(CC[C@@H]2CCCN2S(=O)(=O)c2cccc(Br)c2)CC1. The second-order valence-corrected chi connectivity index (χ2v) is 9.99. The third-order valence-corrected chi connectivity index (χ3v) is 7.82. The quantitative estimate of drug-likeness (QED) is 0.736. The van der Waals surface area contributed by atoms with Crippen LogP contribution in [-0.4, -0.2) is 49.8 Å². The molecule has 2 aliphatic heterocycles. The van der Waals surface area contributed by atoms with Crippen molar-refractivity contribution in [1.29, 1.82) is 0 Å². The predicted octanol–water partition coefficient (Wildman–Crippen LogP) is 3.72. The number of likely N-dealkylation sites (tertiary alicyclic amines) is 1. The summed E-state index contributed by atoms with van der Waals surface area (Å²) in [4.78, 5) is 2.90. The van der Waals surface area contributed by atoms with E-state index in [0.29, 0.717) is 11.4 Å². The summed E-state index contributed by atoms with van der Waals surface area (Å²) in [6.07, 6.45) is 5.43. The van der Waals surface area contributed by atoms with Crippen LogP contribution in [0.5, 0.6) is 0 Å². The van der Waals surface area contributed by atoms with Crippen molar-refractivity contribution in [2.45, 2.75) is 50.0 Å². The van der Waals surface area contributed by atoms with E-state index in [0.717, 1.165) is 49.3 Å². The Kier molecular flexibility index (Phi) is 6.01. The van der Waals surface area contributed by atoms with Crippen LogP contribution >= 0.6 is 15.9 Å². The number of halogens is 1. The molecule has 0 amide bonds. The van der Waals surface area contributed by atoms with Crippen molar-refractivity contribution in [3.8, 4) is 0 Å². The average molecular weight is 415 g/mol. The van der Waals surface area contributed by atoms with Gasteiger partial charge < -0.3 is 4.90 Å². The molecular weight excluding hydrogens is 388 g/mol. The summed E-state index contributed by atoms with van der Waals surface area (Å²) in [5.74, 6) is 0.834. The van der Waals surface area contributed by atoms with Crippen LogP contribution in [0.4, 0.5) is 0 Å². The molecular formula is C18H27BrN2O2S. The van der Waals surface area contributed by atoms with Gasteiger partial charge in [-0.1, -0.05) is 28.9 Å². The Bertz CT molecular complexity index is 657. The first-order valence-corrected chi connectivity index (χ1v) is 11.2. The maximum Gasteiger partial charge on any atom is 0.243 e. The maximum absolute atomic E-state index is 13.0. The van der Waals surface area contributed by atoms with Gasteiger partial charge in [-0.3, -0.25) is 0 Å². The first-order valence-electron chi connectivity index (χ1n) is 8.96. The number of piperidine rings is 1. The Morgan fingerprint density at radius 2 is 1.92 bits per heavy atom. The zero-order valence-electron chi connectivity index (χ0n) is 14.3. The van der Waals surface area contributed by atoms with E-state index in [-0.39, 0.29) is 6.04 Å². The van der Waals surface area contributed by atoms with Crippen LogP contribution in [0.1, 0.15) is 39.0 Å². The number of sulfonamides is 1. The van der Waals surface area contributed by atoms with Crippen molar-refractivity contribution in [2.24, 2.45) is 5.92 Å². The largest absolute Gasteiger partial charge is 0.303 e. The van der Waals surface area contributed by atoms with Gasteiger partial charge in [-0.05, 0) is 75.9 Å². The Balaban J connectivity index is 1.64. The highest BCUT2D eigenvalue weighted by Crippen LogP contribution is 2.29. The number of nitrogens with zero attached hydrogens (tertiary/aromatic N) is 2. The molecule has 1 atom stereocenters. The molecule has 2 heterocycles. The van der Waals surface area contributed by atoms with E-state index >= 15 is 0 Å². The van der Waals surface area contributed by atoms with Crippen LogP contribution in [0.3, 0.4) is 0 Å². The third kappa shape index (κ3) is 4.21. The van der Waals surface area contributed by atoms with E-state index in [1.165, 1.54) is 12.8 Å². The topological polar surface area (TPSA) is 40.6 Å². The molecule has 2 saturated heterocycles. The van der Waals surface area contributed by atoms with Crippen LogP contribution in [0, 0.1) is 5.92 Å². The highest BCUT2D eigenvalue weighted by Gasteiger charge is 2.35. The molecule has 0 unspecified atom stereocenters. The molecule has 134 valence electrons. The highest BCUT2D eigenvalue weighted by molar-refractivity contribution is 9.10. The molecule has 0 spiro atoms. The van der Waals surface area contributed by atoms with E-state index in [2.05, 4.69) is 27.8 Å². The number of hydrogen-bond acceptors (Lipinski definition) is 3. The van der Waals surface area contributed by atoms with Crippen molar-refractivity contribution in [3.05, 3.63) is 28.7 Å². The lowest BCUT2D eigenvalue weighted by molar-refractivity contribution is 0.179. The molecule has 0 N–H and O–H groups in total. The summed E-state index contributed by atoms with van der Waals surface area (Å²) in [7, 11) is -3.39. The lowest BCUT2D eigenvalue weighted by atomic mass is 9.99. The first-order chi connectivity index (χ1) is 11.5. The minimum atomic E-state index is -3.39. The highest BCUT2D eigenvalue weighted by atomic mass is 79.9. The summed E-state index contributed by atoms with van der Waals surface area (Å²) in [5.41, 5.74) is 0. The fourth-order valence-corrected chi connectivity index (χ4v) is 6.11. The van der Waals surface area contributed by atoms with E-state index in [1.54, 1.807) is 22.5 Å². The lowest BCUT2D eigenvalue weighted by Gasteiger charge is -2.32. The average Bonchev–Trinajstić information content (AvgIpc) is 3.04. The van der Waals surface area contributed by atoms with Crippen molar-refractivity contribution < 1.29 is 8.42 Å². The van der Waals surface area contributed by atoms with E-state index < -0.39 is 10.0 Å². The van der Waals surface area contributed by atoms with Crippen LogP contribution < -0.4 is 0 Å². The summed E-state index contributed by atoms with van der Waals surface area (Å²) in [6.45, 7) is 6.30. The van der Waals surface area contributed by atoms with Crippen molar-refractivity contribution in [1.82, 2.24) is 9.21 Å². The van der Waals surface area contributed by atoms with Crippen molar-refractivity contribution >= 4 is 26.0 Å². The molecule has 0 saturated carbocycles. The Labute approximate surface area is 154 Å². The number of benzene rings is 1. The maximum atomic E-state index is 13.0. The molecule has 0 aromatic heterocycles. The van der Waals surface area contributed by atoms with Gasteiger partial charge in [-0.2, -0.15) is 4.31 Å². The predicted molar refractivity (Wildman–Crippen MR) is 101 cm³/mol. The zero-order valence-corrected chi connectivity index (χ0v) is 16.7. The van der Waals surface area contributed by atoms with E-state index in [1.807, 2.05) is 6.07 Å². The zero-order chi connectivity index (χ0) is 17.2. The Morgan fingerprint density at radius 3 is 2.62 bits per heavy atom. The molecule has 6 heteroatoms. The standard InChI is InChI=1S/C18H27BrN2O2S/c1-15-7-11-20(12-8-15)13-9-17-5-3-10-21(17)24(22,23)18-6-2-4-16(19)14-18/h2,4,6,14-15,17H,3,5,7-13H2,1H3/t17-/m0/s1. The fourth-order valence-electron chi connectivity index (χ4n) is 3.79. The molecule has 3 rings (SSSR count). The van der Waals surface area contributed by atoms with Gasteiger partial charge in [0.2, 0.25) is 10.0 Å². The summed E-state index contributed by atoms with van der Waals surface area (Å²) < 4.78 is 28.5. The second-order valence-electron chi connectivity index (χ2n) is 7.18. The van der Waals surface area contributed by atoms with Gasteiger partial charge in [0, 0.05) is 17.1 Å². The normalized spacial score (nSPS) is 24.5. The van der Waals surface area contributed by atoms with Crippen LogP contribution in [-0.2, 0) is 10.0 Å². The van der Waals surface area contributed by atoms with Gasteiger partial charge in [0.05, 0.1) is 4.90 Å². The Hall–Kier alpha value is -0.430. The third-order valence-electron chi connectivity index (χ3n) is 5.38. The van der Waals surface area contributed by atoms with E-state index in [9.17, 15) is 8.42 Å². The summed E-state index contributed by atoms with van der Waals surface area (Å²) >= 11 is 3.38. The molecule has 2 fully saturated rings. The fraction of sp³-hybridized carbons (Fsp3) is 0.667. The number of rotatable bonds is 5. The van der Waals surface area contributed by atoms with Gasteiger partial charge in [0.25, 0.3) is 0 Å². The molecule has 1 aromatic carbocycles. The molecule has 24 heavy (non-hydrogen) atoms. The van der Waals surface area contributed by atoms with Crippen molar-refractivity contribution in [3.63, 3.8) is 0 Å². The summed E-state index contributed by atoms with van der Waals surface area (Å²) in [6, 6.07) is 7.20. The van der Waals surface area contributed by atoms with Crippen molar-refractivity contribution in [2.75, 3.05) is 26.2 Å². The monoisotopic (exact) mass is 414 g/mol. The lowest BCUT2D eigenvalue weighted by Crippen LogP contribution is -2.40. The van der Waals surface area contributed by atoms with E-state index in [4.69, 9.17) is 0 Å². The van der Waals surface area contributed by atoms with Gasteiger partial charge in [-0.15, -0.1) is 0 Å². The van der Waals surface area contributed by atoms with Gasteiger partial charge in [0.15, 0.2) is 0 Å². The second kappa shape index (κ2) is 7.85. The first kappa shape index (κ1) is 18.4. The molecule has 4 nitrogen and oxygen atoms in total. The van der Waals surface area contributed by atoms with Gasteiger partial charge >= 0.3 is 0 Å². The minimum Gasteiger partial charge on any atom is -0.303 e. The summed E-state index contributed by atoms with van der Waals surface area (Å²) in [5, 5.41) is 0. The molecule has 2 aliphatic rings. The minimum absolute atomic E-state index is 0.147. The van der Waals surface area contributed by atoms with Crippen LogP contribution in [0.25, 0.3) is 0 Å². The van der Waals surface area contributed by atoms with Crippen LogP contribution in [0.2, 0.25) is 0 Å². The smallest absolute Gasteiger partial charge is 0.243 e. The molecule has 0 aliphatic carbocycles. The Morgan fingerprint density at radius 1 is 1.17 bits per heavy atom. The van der Waals surface area contributed by atoms with Crippen LogP contribution in [0.15, 0.2) is 33.6 Å². The van der Waals surface area contributed by atoms with Gasteiger partial charge in [0.1, 0.15) is 0 Å². The van der Waals surface area contributed by atoms with Gasteiger partial charge in [-0.25, -0.2) is 8.42 Å².